The highest BCUT2D eigenvalue weighted by Crippen LogP contribution is 2.42. The fourth-order valence-electron chi connectivity index (χ4n) is 3.28. The zero-order chi connectivity index (χ0) is 20.0. The number of ether oxygens (including phenoxy) is 1. The molecule has 0 aliphatic carbocycles. The van der Waals surface area contributed by atoms with Gasteiger partial charge in [-0.2, -0.15) is 0 Å². The molecule has 0 N–H and O–H groups in total. The van der Waals surface area contributed by atoms with Crippen LogP contribution in [0, 0.1) is 0 Å². The maximum absolute atomic E-state index is 12.9. The van der Waals surface area contributed by atoms with Crippen molar-refractivity contribution in [3.63, 3.8) is 0 Å². The monoisotopic (exact) mass is 502 g/mol. The quantitative estimate of drug-likeness (QED) is 0.196. The van der Waals surface area contributed by atoms with Crippen LogP contribution in [0.4, 0.5) is 0 Å². The Labute approximate surface area is 182 Å². The standard InChI is InChI=1S/C24H24IO2P/c1-3-24(25,23(26)27-4-2)21-17-11-12-18-22(21)28(19-13-7-5-8-14-19)20-15-9-6-10-16-20/h5-18H,3-4H2,1-2H3. The minimum absolute atomic E-state index is 0.165. The first-order chi connectivity index (χ1) is 13.6. The minimum Gasteiger partial charge on any atom is -0.465 e. The molecule has 4 heteroatoms. The molecular formula is C24H24IO2P. The molecule has 3 aromatic carbocycles. The van der Waals surface area contributed by atoms with Gasteiger partial charge in [0.2, 0.25) is 0 Å². The summed E-state index contributed by atoms with van der Waals surface area (Å²) in [5.74, 6) is -0.165. The van der Waals surface area contributed by atoms with Crippen LogP contribution in [0.5, 0.6) is 0 Å². The van der Waals surface area contributed by atoms with Gasteiger partial charge in [-0.05, 0) is 42.7 Å². The van der Waals surface area contributed by atoms with Gasteiger partial charge in [0, 0.05) is 0 Å². The van der Waals surface area contributed by atoms with Gasteiger partial charge in [0.25, 0.3) is 0 Å². The van der Waals surface area contributed by atoms with Crippen LogP contribution in [0.1, 0.15) is 25.8 Å². The number of hydrogen-bond donors (Lipinski definition) is 0. The Hall–Kier alpha value is -1.71. The van der Waals surface area contributed by atoms with Crippen molar-refractivity contribution in [3.05, 3.63) is 90.5 Å². The molecule has 144 valence electrons. The molecule has 0 bridgehead atoms. The molecule has 0 heterocycles. The van der Waals surface area contributed by atoms with Crippen molar-refractivity contribution >= 4 is 52.4 Å². The first-order valence-electron chi connectivity index (χ1n) is 9.47. The van der Waals surface area contributed by atoms with E-state index in [9.17, 15) is 4.79 Å². The number of rotatable bonds is 7. The van der Waals surface area contributed by atoms with Crippen LogP contribution in [0.3, 0.4) is 0 Å². The number of benzene rings is 3. The lowest BCUT2D eigenvalue weighted by Gasteiger charge is -2.30. The van der Waals surface area contributed by atoms with Crippen molar-refractivity contribution in [2.45, 2.75) is 23.7 Å². The van der Waals surface area contributed by atoms with E-state index < -0.39 is 11.3 Å². The number of alkyl halides is 1. The SMILES string of the molecule is CCOC(=O)C(I)(CC)c1ccccc1P(c1ccccc1)c1ccccc1. The van der Waals surface area contributed by atoms with E-state index in [0.717, 1.165) is 5.56 Å². The minimum atomic E-state index is -0.783. The van der Waals surface area contributed by atoms with Crippen LogP contribution >= 0.6 is 30.5 Å². The second-order valence-corrected chi connectivity index (χ2v) is 10.4. The summed E-state index contributed by atoms with van der Waals surface area (Å²) in [6.45, 7) is 4.29. The van der Waals surface area contributed by atoms with E-state index in [1.165, 1.54) is 15.9 Å². The summed E-state index contributed by atoms with van der Waals surface area (Å²) < 4.78 is 4.76. The first-order valence-corrected chi connectivity index (χ1v) is 11.9. The lowest BCUT2D eigenvalue weighted by molar-refractivity contribution is -0.145. The van der Waals surface area contributed by atoms with E-state index in [0.29, 0.717) is 13.0 Å². The van der Waals surface area contributed by atoms with Crippen molar-refractivity contribution in [1.29, 1.82) is 0 Å². The smallest absolute Gasteiger partial charge is 0.326 e. The molecule has 0 aromatic heterocycles. The number of hydrogen-bond acceptors (Lipinski definition) is 2. The maximum Gasteiger partial charge on any atom is 0.326 e. The summed E-state index contributed by atoms with van der Waals surface area (Å²) in [6, 6.07) is 29.5. The molecule has 0 spiro atoms. The van der Waals surface area contributed by atoms with Crippen LogP contribution in [-0.2, 0) is 13.0 Å². The Morgan fingerprint density at radius 1 is 0.857 bits per heavy atom. The average Bonchev–Trinajstić information content (AvgIpc) is 2.75. The molecule has 0 radical (unpaired) electrons. The van der Waals surface area contributed by atoms with Gasteiger partial charge in [0.05, 0.1) is 6.61 Å². The zero-order valence-electron chi connectivity index (χ0n) is 16.1. The highest BCUT2D eigenvalue weighted by molar-refractivity contribution is 14.1. The average molecular weight is 502 g/mol. The van der Waals surface area contributed by atoms with Crippen molar-refractivity contribution in [2.24, 2.45) is 0 Å². The highest BCUT2D eigenvalue weighted by Gasteiger charge is 2.40. The van der Waals surface area contributed by atoms with Gasteiger partial charge in [-0.3, -0.25) is 4.79 Å². The van der Waals surface area contributed by atoms with E-state index in [1.54, 1.807) is 0 Å². The van der Waals surface area contributed by atoms with Gasteiger partial charge in [0.1, 0.15) is 3.42 Å². The lowest BCUT2D eigenvalue weighted by atomic mass is 9.96. The molecule has 0 amide bonds. The van der Waals surface area contributed by atoms with Crippen molar-refractivity contribution < 1.29 is 9.53 Å². The van der Waals surface area contributed by atoms with E-state index in [4.69, 9.17) is 4.74 Å². The van der Waals surface area contributed by atoms with Crippen molar-refractivity contribution in [2.75, 3.05) is 6.61 Å². The highest BCUT2D eigenvalue weighted by atomic mass is 127. The molecule has 2 nitrogen and oxygen atoms in total. The molecule has 3 aromatic rings. The molecule has 0 saturated carbocycles. The van der Waals surface area contributed by atoms with Gasteiger partial charge < -0.3 is 4.74 Å². The predicted octanol–water partition coefficient (Wildman–Crippen LogP) is 5.05. The second kappa shape index (κ2) is 9.67. The van der Waals surface area contributed by atoms with Crippen LogP contribution in [0.15, 0.2) is 84.9 Å². The Morgan fingerprint density at radius 2 is 1.36 bits per heavy atom. The fraction of sp³-hybridized carbons (Fsp3) is 0.208. The molecule has 1 unspecified atom stereocenters. The zero-order valence-corrected chi connectivity index (χ0v) is 19.2. The Morgan fingerprint density at radius 3 is 1.86 bits per heavy atom. The third kappa shape index (κ3) is 4.31. The summed E-state index contributed by atoms with van der Waals surface area (Å²) in [7, 11) is -0.783. The van der Waals surface area contributed by atoms with Gasteiger partial charge in [-0.15, -0.1) is 0 Å². The van der Waals surface area contributed by atoms with E-state index in [2.05, 4.69) is 89.3 Å². The summed E-state index contributed by atoms with van der Waals surface area (Å²) in [5, 5.41) is 3.75. The van der Waals surface area contributed by atoms with Gasteiger partial charge >= 0.3 is 5.97 Å². The maximum atomic E-state index is 12.9. The van der Waals surface area contributed by atoms with E-state index >= 15 is 0 Å². The lowest BCUT2D eigenvalue weighted by Crippen LogP contribution is -2.36. The molecule has 28 heavy (non-hydrogen) atoms. The molecule has 0 aliphatic rings. The van der Waals surface area contributed by atoms with Crippen LogP contribution in [0.25, 0.3) is 0 Å². The van der Waals surface area contributed by atoms with Crippen molar-refractivity contribution in [3.8, 4) is 0 Å². The van der Waals surface area contributed by atoms with Crippen molar-refractivity contribution in [1.82, 2.24) is 0 Å². The van der Waals surface area contributed by atoms with E-state index in [1.807, 2.05) is 32.0 Å². The Kier molecular flexibility index (Phi) is 7.25. The molecule has 1 atom stereocenters. The predicted molar refractivity (Wildman–Crippen MR) is 128 cm³/mol. The number of halogens is 1. The number of carbonyl (C=O) groups is 1. The largest absolute Gasteiger partial charge is 0.465 e. The van der Waals surface area contributed by atoms with Crippen LogP contribution < -0.4 is 15.9 Å². The van der Waals surface area contributed by atoms with Gasteiger partial charge in [-0.25, -0.2) is 0 Å². The molecule has 0 fully saturated rings. The molecule has 3 rings (SSSR count). The van der Waals surface area contributed by atoms with E-state index in [-0.39, 0.29) is 5.97 Å². The van der Waals surface area contributed by atoms with Gasteiger partial charge in [-0.1, -0.05) is 114 Å². The third-order valence-electron chi connectivity index (χ3n) is 4.69. The molecule has 0 saturated heterocycles. The number of esters is 1. The first kappa shape index (κ1) is 21.0. The third-order valence-corrected chi connectivity index (χ3v) is 8.97. The van der Waals surface area contributed by atoms with Crippen LogP contribution in [-0.4, -0.2) is 12.6 Å². The summed E-state index contributed by atoms with van der Waals surface area (Å²) in [5.41, 5.74) is 1.05. The summed E-state index contributed by atoms with van der Waals surface area (Å²) in [6.07, 6.45) is 0.677. The normalized spacial score (nSPS) is 13.1. The van der Waals surface area contributed by atoms with Gasteiger partial charge in [0.15, 0.2) is 0 Å². The summed E-state index contributed by atoms with van der Waals surface area (Å²) >= 11 is 2.29. The molecular weight excluding hydrogens is 478 g/mol. The molecule has 0 aliphatic heterocycles. The fourth-order valence-corrected chi connectivity index (χ4v) is 6.65. The summed E-state index contributed by atoms with van der Waals surface area (Å²) in [4.78, 5) is 12.9. The van der Waals surface area contributed by atoms with Crippen LogP contribution in [0.2, 0.25) is 0 Å². The Balaban J connectivity index is 2.22. The second-order valence-electron chi connectivity index (χ2n) is 6.40. The topological polar surface area (TPSA) is 26.3 Å². The number of carbonyl (C=O) groups excluding carboxylic acids is 1. The Bertz CT molecular complexity index is 875.